The fraction of sp³-hybridized carbons (Fsp3) is 0. The number of hydrogen-bond acceptors (Lipinski definition) is 2. The van der Waals surface area contributed by atoms with Crippen molar-refractivity contribution in [2.75, 3.05) is 5.73 Å². The van der Waals surface area contributed by atoms with Gasteiger partial charge in [0.05, 0.1) is 17.6 Å². The van der Waals surface area contributed by atoms with Crippen LogP contribution in [0.3, 0.4) is 0 Å². The van der Waals surface area contributed by atoms with Gasteiger partial charge in [0.1, 0.15) is 0 Å². The first-order chi connectivity index (χ1) is 4.33. The number of nitrogen functional groups attached to an aromatic ring is 1. The molecule has 0 aliphatic rings. The van der Waals surface area contributed by atoms with Gasteiger partial charge in [-0.1, -0.05) is 6.58 Å². The fourth-order valence-corrected chi connectivity index (χ4v) is 0.537. The summed E-state index contributed by atoms with van der Waals surface area (Å²) in [5.41, 5.74) is 6.92. The van der Waals surface area contributed by atoms with Gasteiger partial charge in [0, 0.05) is 0 Å². The first-order valence-corrected chi connectivity index (χ1v) is 2.67. The van der Waals surface area contributed by atoms with Crippen molar-refractivity contribution in [1.29, 1.82) is 0 Å². The van der Waals surface area contributed by atoms with Crippen molar-refractivity contribution in [3.05, 3.63) is 30.6 Å². The summed E-state index contributed by atoms with van der Waals surface area (Å²) in [6.07, 6.45) is 3.29. The van der Waals surface area contributed by atoms with Crippen molar-refractivity contribution in [3.8, 4) is 0 Å². The van der Waals surface area contributed by atoms with Crippen LogP contribution < -0.4 is 5.73 Å². The maximum atomic E-state index is 5.38. The van der Waals surface area contributed by atoms with E-state index in [1.54, 1.807) is 18.3 Å². The number of rotatable bonds is 1. The molecule has 0 amide bonds. The second-order valence-electron chi connectivity index (χ2n) is 1.72. The molecule has 1 aromatic heterocycles. The van der Waals surface area contributed by atoms with E-state index in [1.807, 2.05) is 6.07 Å². The SMILES string of the molecule is C=Cc1ccc(N)cn1. The van der Waals surface area contributed by atoms with Gasteiger partial charge in [0.25, 0.3) is 0 Å². The summed E-state index contributed by atoms with van der Waals surface area (Å²) in [5, 5.41) is 0. The van der Waals surface area contributed by atoms with Crippen LogP contribution in [0.4, 0.5) is 5.69 Å². The minimum absolute atomic E-state index is 0.681. The lowest BCUT2D eigenvalue weighted by Gasteiger charge is -1.90. The molecule has 0 spiro atoms. The van der Waals surface area contributed by atoms with Crippen LogP contribution in [-0.4, -0.2) is 4.98 Å². The molecule has 0 bridgehead atoms. The van der Waals surface area contributed by atoms with E-state index >= 15 is 0 Å². The van der Waals surface area contributed by atoms with Crippen molar-refractivity contribution in [3.63, 3.8) is 0 Å². The summed E-state index contributed by atoms with van der Waals surface area (Å²) in [7, 11) is 0. The van der Waals surface area contributed by atoms with Crippen molar-refractivity contribution in [2.45, 2.75) is 0 Å². The lowest BCUT2D eigenvalue weighted by Crippen LogP contribution is -1.86. The van der Waals surface area contributed by atoms with Crippen LogP contribution in [0.25, 0.3) is 6.08 Å². The van der Waals surface area contributed by atoms with Crippen LogP contribution in [-0.2, 0) is 0 Å². The topological polar surface area (TPSA) is 38.9 Å². The second kappa shape index (κ2) is 2.31. The van der Waals surface area contributed by atoms with E-state index < -0.39 is 0 Å². The first kappa shape index (κ1) is 5.82. The zero-order chi connectivity index (χ0) is 6.69. The molecule has 0 aliphatic heterocycles. The van der Waals surface area contributed by atoms with Gasteiger partial charge in [0.2, 0.25) is 0 Å². The molecule has 46 valence electrons. The van der Waals surface area contributed by atoms with Crippen molar-refractivity contribution in [2.24, 2.45) is 0 Å². The number of nitrogens with zero attached hydrogens (tertiary/aromatic N) is 1. The third-order valence-corrected chi connectivity index (χ3v) is 1.02. The molecular weight excluding hydrogens is 112 g/mol. The van der Waals surface area contributed by atoms with Gasteiger partial charge in [-0.05, 0) is 18.2 Å². The van der Waals surface area contributed by atoms with Crippen LogP contribution in [0.5, 0.6) is 0 Å². The molecule has 0 radical (unpaired) electrons. The van der Waals surface area contributed by atoms with E-state index in [0.29, 0.717) is 5.69 Å². The summed E-state index contributed by atoms with van der Waals surface area (Å²) in [6.45, 7) is 3.56. The fourth-order valence-electron chi connectivity index (χ4n) is 0.537. The number of pyridine rings is 1. The van der Waals surface area contributed by atoms with Gasteiger partial charge in [-0.25, -0.2) is 0 Å². The Morgan fingerprint density at radius 1 is 1.56 bits per heavy atom. The Bertz CT molecular complexity index is 201. The molecule has 9 heavy (non-hydrogen) atoms. The number of hydrogen-bond donors (Lipinski definition) is 1. The Kier molecular flexibility index (Phi) is 1.49. The van der Waals surface area contributed by atoms with Crippen LogP contribution >= 0.6 is 0 Å². The van der Waals surface area contributed by atoms with E-state index in [2.05, 4.69) is 11.6 Å². The molecule has 0 aromatic carbocycles. The normalized spacial score (nSPS) is 8.89. The Labute approximate surface area is 54.0 Å². The Balaban J connectivity index is 3.01. The lowest BCUT2D eigenvalue weighted by molar-refractivity contribution is 1.30. The van der Waals surface area contributed by atoms with Gasteiger partial charge in [-0.15, -0.1) is 0 Å². The molecule has 0 unspecified atom stereocenters. The third-order valence-electron chi connectivity index (χ3n) is 1.02. The highest BCUT2D eigenvalue weighted by Gasteiger charge is 1.84. The van der Waals surface area contributed by atoms with Gasteiger partial charge < -0.3 is 5.73 Å². The van der Waals surface area contributed by atoms with Gasteiger partial charge in [-0.2, -0.15) is 0 Å². The monoisotopic (exact) mass is 120 g/mol. The summed E-state index contributed by atoms with van der Waals surface area (Å²) in [5.74, 6) is 0. The second-order valence-corrected chi connectivity index (χ2v) is 1.72. The predicted molar refractivity (Wildman–Crippen MR) is 38.7 cm³/mol. The number of nitrogens with two attached hydrogens (primary N) is 1. The van der Waals surface area contributed by atoms with Crippen molar-refractivity contribution < 1.29 is 0 Å². The minimum Gasteiger partial charge on any atom is -0.397 e. The molecule has 0 atom stereocenters. The maximum absolute atomic E-state index is 5.38. The molecular formula is C7H8N2. The Hall–Kier alpha value is -1.31. The maximum Gasteiger partial charge on any atom is 0.0625 e. The number of anilines is 1. The van der Waals surface area contributed by atoms with E-state index in [9.17, 15) is 0 Å². The van der Waals surface area contributed by atoms with Crippen LogP contribution in [0.1, 0.15) is 5.69 Å². The smallest absolute Gasteiger partial charge is 0.0625 e. The standard InChI is InChI=1S/C7H8N2/c1-2-7-4-3-6(8)5-9-7/h2-5H,1,8H2. The van der Waals surface area contributed by atoms with Crippen molar-refractivity contribution in [1.82, 2.24) is 4.98 Å². The molecule has 1 rings (SSSR count). The lowest BCUT2D eigenvalue weighted by atomic mass is 10.3. The molecule has 0 saturated carbocycles. The Morgan fingerprint density at radius 3 is 2.78 bits per heavy atom. The zero-order valence-corrected chi connectivity index (χ0v) is 5.04. The van der Waals surface area contributed by atoms with E-state index in [1.165, 1.54) is 0 Å². The summed E-state index contributed by atoms with van der Waals surface area (Å²) in [4.78, 5) is 3.95. The van der Waals surface area contributed by atoms with Crippen molar-refractivity contribution >= 4 is 11.8 Å². The van der Waals surface area contributed by atoms with Gasteiger partial charge in [0.15, 0.2) is 0 Å². The largest absolute Gasteiger partial charge is 0.397 e. The molecule has 2 nitrogen and oxygen atoms in total. The summed E-state index contributed by atoms with van der Waals surface area (Å²) >= 11 is 0. The molecule has 0 fully saturated rings. The first-order valence-electron chi connectivity index (χ1n) is 2.67. The number of aromatic nitrogens is 1. The van der Waals surface area contributed by atoms with E-state index in [4.69, 9.17) is 5.73 Å². The molecule has 2 heteroatoms. The average Bonchev–Trinajstić information content (AvgIpc) is 1.90. The van der Waals surface area contributed by atoms with Crippen LogP contribution in [0.15, 0.2) is 24.9 Å². The molecule has 0 aliphatic carbocycles. The molecule has 0 saturated heterocycles. The van der Waals surface area contributed by atoms with Gasteiger partial charge >= 0.3 is 0 Å². The Morgan fingerprint density at radius 2 is 2.33 bits per heavy atom. The van der Waals surface area contributed by atoms with Gasteiger partial charge in [-0.3, -0.25) is 4.98 Å². The predicted octanol–water partition coefficient (Wildman–Crippen LogP) is 1.31. The highest BCUT2D eigenvalue weighted by Crippen LogP contribution is 2.00. The van der Waals surface area contributed by atoms with E-state index in [0.717, 1.165) is 5.69 Å². The minimum atomic E-state index is 0.681. The molecule has 2 N–H and O–H groups in total. The zero-order valence-electron chi connectivity index (χ0n) is 5.04. The summed E-state index contributed by atoms with van der Waals surface area (Å²) in [6, 6.07) is 3.62. The highest BCUT2D eigenvalue weighted by molar-refractivity contribution is 5.45. The van der Waals surface area contributed by atoms with E-state index in [-0.39, 0.29) is 0 Å². The average molecular weight is 120 g/mol. The third kappa shape index (κ3) is 1.29. The quantitative estimate of drug-likeness (QED) is 0.606. The van der Waals surface area contributed by atoms with Crippen LogP contribution in [0.2, 0.25) is 0 Å². The highest BCUT2D eigenvalue weighted by atomic mass is 14.7. The molecule has 1 aromatic rings. The molecule has 1 heterocycles. The summed E-state index contributed by atoms with van der Waals surface area (Å²) < 4.78 is 0. The van der Waals surface area contributed by atoms with Crippen LogP contribution in [0, 0.1) is 0 Å².